The first-order chi connectivity index (χ1) is 14.4. The quantitative estimate of drug-likeness (QED) is 0.569. The van der Waals surface area contributed by atoms with E-state index in [4.69, 9.17) is 10.5 Å². The van der Waals surface area contributed by atoms with Crippen molar-refractivity contribution in [3.63, 3.8) is 0 Å². The molecule has 1 atom stereocenters. The molecule has 3 rings (SSSR count). The van der Waals surface area contributed by atoms with Gasteiger partial charge in [0.1, 0.15) is 5.82 Å². The zero-order valence-corrected chi connectivity index (χ0v) is 17.6. The van der Waals surface area contributed by atoms with Crippen LogP contribution in [0.5, 0.6) is 0 Å². The number of nitrogens with zero attached hydrogens (tertiary/aromatic N) is 1. The van der Waals surface area contributed by atoms with Crippen molar-refractivity contribution in [2.24, 2.45) is 5.73 Å². The van der Waals surface area contributed by atoms with Gasteiger partial charge < -0.3 is 15.4 Å². The van der Waals surface area contributed by atoms with E-state index in [0.717, 1.165) is 22.4 Å². The molecule has 4 nitrogen and oxygen atoms in total. The number of benzene rings is 3. The number of carbonyl (C=O) groups excluding carboxylic acids is 1. The molecule has 0 bridgehead atoms. The Morgan fingerprint density at radius 1 is 1.07 bits per heavy atom. The van der Waals surface area contributed by atoms with Crippen LogP contribution in [-0.2, 0) is 22.5 Å². The molecule has 0 spiro atoms. The number of esters is 1. The molecule has 0 aliphatic carbocycles. The van der Waals surface area contributed by atoms with Crippen LogP contribution in [-0.4, -0.2) is 20.1 Å². The third kappa shape index (κ3) is 4.86. The Hall–Kier alpha value is -3.18. The van der Waals surface area contributed by atoms with E-state index in [0.29, 0.717) is 17.7 Å². The Kier molecular flexibility index (Phi) is 6.85. The molecule has 30 heavy (non-hydrogen) atoms. The Morgan fingerprint density at radius 2 is 1.77 bits per heavy atom. The van der Waals surface area contributed by atoms with Gasteiger partial charge in [0, 0.05) is 36.4 Å². The first kappa shape index (κ1) is 21.5. The molecule has 0 fully saturated rings. The maximum atomic E-state index is 15.0. The van der Waals surface area contributed by atoms with E-state index in [9.17, 15) is 9.18 Å². The summed E-state index contributed by atoms with van der Waals surface area (Å²) in [6, 6.07) is 20.5. The summed E-state index contributed by atoms with van der Waals surface area (Å²) in [6.45, 7) is 2.39. The maximum absolute atomic E-state index is 15.0. The summed E-state index contributed by atoms with van der Waals surface area (Å²) in [4.78, 5) is 13.8. The molecule has 0 aromatic heterocycles. The number of hydrogen-bond donors (Lipinski definition) is 1. The fraction of sp³-hybridized carbons (Fsp3) is 0.240. The van der Waals surface area contributed by atoms with Crippen LogP contribution < -0.4 is 10.6 Å². The minimum absolute atomic E-state index is 0.232. The van der Waals surface area contributed by atoms with E-state index in [1.165, 1.54) is 7.11 Å². The van der Waals surface area contributed by atoms with Crippen molar-refractivity contribution in [1.82, 2.24) is 0 Å². The number of halogens is 1. The predicted octanol–water partition coefficient (Wildman–Crippen LogP) is 4.86. The molecule has 3 aromatic rings. The van der Waals surface area contributed by atoms with Gasteiger partial charge in [0.25, 0.3) is 0 Å². The van der Waals surface area contributed by atoms with Crippen molar-refractivity contribution >= 4 is 11.7 Å². The highest BCUT2D eigenvalue weighted by Gasteiger charge is 2.14. The summed E-state index contributed by atoms with van der Waals surface area (Å²) in [5.41, 5.74) is 10.7. The van der Waals surface area contributed by atoms with Gasteiger partial charge in [-0.05, 0) is 35.7 Å². The largest absolute Gasteiger partial charge is 0.469 e. The molecule has 5 heteroatoms. The summed E-state index contributed by atoms with van der Waals surface area (Å²) < 4.78 is 19.8. The average Bonchev–Trinajstić information content (AvgIpc) is 2.75. The van der Waals surface area contributed by atoms with Gasteiger partial charge in [-0.3, -0.25) is 4.79 Å². The van der Waals surface area contributed by atoms with Gasteiger partial charge in [-0.1, -0.05) is 54.6 Å². The number of methoxy groups -OCH3 is 1. The van der Waals surface area contributed by atoms with E-state index >= 15 is 0 Å². The lowest BCUT2D eigenvalue weighted by atomic mass is 9.98. The number of ether oxygens (including phenoxy) is 1. The topological polar surface area (TPSA) is 55.6 Å². The molecular formula is C25H27FN2O2. The second kappa shape index (κ2) is 9.55. The molecule has 0 radical (unpaired) electrons. The summed E-state index contributed by atoms with van der Waals surface area (Å²) in [5, 5.41) is 0. The zero-order valence-electron chi connectivity index (χ0n) is 17.6. The van der Waals surface area contributed by atoms with Crippen LogP contribution in [0.1, 0.15) is 29.7 Å². The van der Waals surface area contributed by atoms with E-state index in [2.05, 4.69) is 4.90 Å². The van der Waals surface area contributed by atoms with Crippen LogP contribution in [0.15, 0.2) is 66.7 Å². The number of nitrogens with two attached hydrogens (primary N) is 1. The van der Waals surface area contributed by atoms with Crippen LogP contribution in [0, 0.1) is 5.82 Å². The maximum Gasteiger partial charge on any atom is 0.309 e. The molecule has 0 saturated carbocycles. The summed E-state index contributed by atoms with van der Waals surface area (Å²) in [5.74, 6) is -0.549. The Balaban J connectivity index is 1.87. The van der Waals surface area contributed by atoms with Gasteiger partial charge in [-0.25, -0.2) is 4.39 Å². The van der Waals surface area contributed by atoms with Crippen LogP contribution in [0.2, 0.25) is 0 Å². The standard InChI is InChI=1S/C25H27FN2O2/c1-17(27)22-12-7-13-23(25(22)26)19-10-6-11-21(14-19)28(2)16-20-9-5-4-8-18(20)15-24(29)30-3/h4-14,17H,15-16,27H2,1-3H3. The highest BCUT2D eigenvalue weighted by molar-refractivity contribution is 5.73. The highest BCUT2D eigenvalue weighted by Crippen LogP contribution is 2.30. The van der Waals surface area contributed by atoms with Crippen molar-refractivity contribution in [1.29, 1.82) is 0 Å². The van der Waals surface area contributed by atoms with Gasteiger partial charge in [-0.15, -0.1) is 0 Å². The van der Waals surface area contributed by atoms with E-state index in [-0.39, 0.29) is 24.2 Å². The molecule has 3 aromatic carbocycles. The molecule has 0 amide bonds. The SMILES string of the molecule is COC(=O)Cc1ccccc1CN(C)c1cccc(-c2cccc(C(C)N)c2F)c1. The van der Waals surface area contributed by atoms with Crippen LogP contribution in [0.4, 0.5) is 10.1 Å². The Bertz CT molecular complexity index is 1030. The highest BCUT2D eigenvalue weighted by atomic mass is 19.1. The molecule has 0 aliphatic heterocycles. The van der Waals surface area contributed by atoms with E-state index in [1.807, 2.05) is 61.6 Å². The lowest BCUT2D eigenvalue weighted by Gasteiger charge is -2.22. The monoisotopic (exact) mass is 406 g/mol. The van der Waals surface area contributed by atoms with Gasteiger partial charge >= 0.3 is 5.97 Å². The fourth-order valence-corrected chi connectivity index (χ4v) is 3.49. The van der Waals surface area contributed by atoms with Gasteiger partial charge in [0.2, 0.25) is 0 Å². The lowest BCUT2D eigenvalue weighted by Crippen LogP contribution is -2.18. The van der Waals surface area contributed by atoms with Crippen molar-refractivity contribution in [3.05, 3.63) is 89.2 Å². The molecule has 1 unspecified atom stereocenters. The Labute approximate surface area is 177 Å². The van der Waals surface area contributed by atoms with Crippen molar-refractivity contribution in [2.75, 3.05) is 19.1 Å². The normalized spacial score (nSPS) is 11.8. The molecular weight excluding hydrogens is 379 g/mol. The number of hydrogen-bond acceptors (Lipinski definition) is 4. The summed E-state index contributed by atoms with van der Waals surface area (Å²) in [6.07, 6.45) is 0.232. The zero-order chi connectivity index (χ0) is 21.7. The van der Waals surface area contributed by atoms with E-state index < -0.39 is 0 Å². The van der Waals surface area contributed by atoms with Crippen molar-refractivity contribution in [2.45, 2.75) is 25.9 Å². The average molecular weight is 407 g/mol. The number of rotatable bonds is 7. The van der Waals surface area contributed by atoms with Crippen LogP contribution >= 0.6 is 0 Å². The number of anilines is 1. The first-order valence-corrected chi connectivity index (χ1v) is 9.90. The fourth-order valence-electron chi connectivity index (χ4n) is 3.49. The number of carbonyl (C=O) groups is 1. The van der Waals surface area contributed by atoms with Gasteiger partial charge in [0.15, 0.2) is 0 Å². The molecule has 0 saturated heterocycles. The van der Waals surface area contributed by atoms with Crippen LogP contribution in [0.3, 0.4) is 0 Å². The second-order valence-electron chi connectivity index (χ2n) is 7.43. The molecule has 0 heterocycles. The smallest absolute Gasteiger partial charge is 0.309 e. The second-order valence-corrected chi connectivity index (χ2v) is 7.43. The summed E-state index contributed by atoms with van der Waals surface area (Å²) in [7, 11) is 3.37. The van der Waals surface area contributed by atoms with Crippen LogP contribution in [0.25, 0.3) is 11.1 Å². The van der Waals surface area contributed by atoms with Gasteiger partial charge in [-0.2, -0.15) is 0 Å². The van der Waals surface area contributed by atoms with Crippen molar-refractivity contribution < 1.29 is 13.9 Å². The summed E-state index contributed by atoms with van der Waals surface area (Å²) >= 11 is 0. The van der Waals surface area contributed by atoms with Crippen molar-refractivity contribution in [3.8, 4) is 11.1 Å². The predicted molar refractivity (Wildman–Crippen MR) is 119 cm³/mol. The van der Waals surface area contributed by atoms with Gasteiger partial charge in [0.05, 0.1) is 13.5 Å². The minimum atomic E-state index is -0.373. The molecule has 2 N–H and O–H groups in total. The third-order valence-corrected chi connectivity index (χ3v) is 5.21. The van der Waals surface area contributed by atoms with E-state index in [1.54, 1.807) is 19.1 Å². The Morgan fingerprint density at radius 3 is 2.47 bits per heavy atom. The first-order valence-electron chi connectivity index (χ1n) is 9.90. The molecule has 0 aliphatic rings. The minimum Gasteiger partial charge on any atom is -0.469 e. The lowest BCUT2D eigenvalue weighted by molar-refractivity contribution is -0.139. The third-order valence-electron chi connectivity index (χ3n) is 5.21. The molecule has 156 valence electrons.